The highest BCUT2D eigenvalue weighted by molar-refractivity contribution is 5.84. The van der Waals surface area contributed by atoms with E-state index in [4.69, 9.17) is 10.1 Å². The summed E-state index contributed by atoms with van der Waals surface area (Å²) < 4.78 is 27.7. The first-order valence-corrected chi connectivity index (χ1v) is 12.3. The maximum atomic E-state index is 14.3. The summed E-state index contributed by atoms with van der Waals surface area (Å²) >= 11 is 0. The summed E-state index contributed by atoms with van der Waals surface area (Å²) in [6, 6.07) is 10.9. The minimum atomic E-state index is -1.32. The number of carbonyl (C=O) groups is 1. The predicted molar refractivity (Wildman–Crippen MR) is 135 cm³/mol. The lowest BCUT2D eigenvalue weighted by atomic mass is 9.63. The van der Waals surface area contributed by atoms with E-state index in [-0.39, 0.29) is 23.5 Å². The fourth-order valence-corrected chi connectivity index (χ4v) is 6.28. The first-order valence-electron chi connectivity index (χ1n) is 12.3. The lowest BCUT2D eigenvalue weighted by Gasteiger charge is -2.45. The molecule has 5 rings (SSSR count). The minimum Gasteiger partial charge on any atom is -0.465 e. The van der Waals surface area contributed by atoms with Gasteiger partial charge in [-0.1, -0.05) is 49.8 Å². The largest absolute Gasteiger partial charge is 0.465 e. The number of benzene rings is 2. The molecule has 7 heteroatoms. The number of fused-ring (bicyclic) bond motifs is 1. The fraction of sp³-hybridized carbons (Fsp3) is 0.379. The molecule has 3 unspecified atom stereocenters. The number of nitrogens with one attached hydrogen (secondary N) is 1. The number of aryl methyl sites for hydroxylation is 1. The lowest BCUT2D eigenvalue weighted by molar-refractivity contribution is -0.0460. The summed E-state index contributed by atoms with van der Waals surface area (Å²) in [4.78, 5) is 16.0. The maximum Gasteiger partial charge on any atom is 0.409 e. The van der Waals surface area contributed by atoms with E-state index in [0.29, 0.717) is 31.2 Å². The normalized spacial score (nSPS) is 29.0. The number of anilines is 1. The van der Waals surface area contributed by atoms with Gasteiger partial charge in [0.15, 0.2) is 0 Å². The number of hydrogen-bond acceptors (Lipinski definition) is 3. The van der Waals surface area contributed by atoms with Gasteiger partial charge in [0.25, 0.3) is 0 Å². The molecule has 3 N–H and O–H groups in total. The smallest absolute Gasteiger partial charge is 0.409 e. The molecule has 0 aromatic heterocycles. The third-order valence-corrected chi connectivity index (χ3v) is 8.49. The molecule has 1 heterocycles. The van der Waals surface area contributed by atoms with Gasteiger partial charge in [-0.3, -0.25) is 10.3 Å². The lowest BCUT2D eigenvalue weighted by Crippen LogP contribution is -2.45. The van der Waals surface area contributed by atoms with E-state index in [2.05, 4.69) is 25.2 Å². The van der Waals surface area contributed by atoms with E-state index in [1.165, 1.54) is 29.3 Å². The molecule has 5 nitrogen and oxygen atoms in total. The zero-order valence-electron chi connectivity index (χ0n) is 20.4. The van der Waals surface area contributed by atoms with Crippen LogP contribution in [0.4, 0.5) is 19.3 Å². The van der Waals surface area contributed by atoms with Crippen molar-refractivity contribution in [3.63, 3.8) is 0 Å². The van der Waals surface area contributed by atoms with E-state index in [1.807, 2.05) is 6.21 Å². The van der Waals surface area contributed by atoms with E-state index < -0.39 is 22.9 Å². The van der Waals surface area contributed by atoms with Crippen molar-refractivity contribution in [1.82, 2.24) is 0 Å². The first-order chi connectivity index (χ1) is 17.1. The van der Waals surface area contributed by atoms with Gasteiger partial charge in [0.2, 0.25) is 0 Å². The van der Waals surface area contributed by atoms with Crippen LogP contribution in [0.15, 0.2) is 70.3 Å². The maximum absolute atomic E-state index is 14.3. The zero-order valence-corrected chi connectivity index (χ0v) is 20.4. The number of carboxylic acid groups (broad SMARTS) is 1. The summed E-state index contributed by atoms with van der Waals surface area (Å²) in [5.74, 6) is -0.773. The van der Waals surface area contributed by atoms with Crippen molar-refractivity contribution in [2.24, 2.45) is 16.3 Å². The second kappa shape index (κ2) is 8.96. The number of halogens is 2. The number of para-hydroxylation sites is 1. The Balaban J connectivity index is 1.38. The summed E-state index contributed by atoms with van der Waals surface area (Å²) in [5.41, 5.74) is 3.46. The highest BCUT2D eigenvalue weighted by atomic mass is 19.1. The highest BCUT2D eigenvalue weighted by Crippen LogP contribution is 2.59. The zero-order chi connectivity index (χ0) is 25.7. The van der Waals surface area contributed by atoms with Gasteiger partial charge in [-0.15, -0.1) is 0 Å². The van der Waals surface area contributed by atoms with Gasteiger partial charge in [0, 0.05) is 17.5 Å². The van der Waals surface area contributed by atoms with Gasteiger partial charge in [0.1, 0.15) is 11.6 Å². The molecule has 188 valence electrons. The minimum absolute atomic E-state index is 0.0544. The number of hydrogen-bond donors (Lipinski definition) is 3. The van der Waals surface area contributed by atoms with Gasteiger partial charge >= 0.3 is 6.09 Å². The van der Waals surface area contributed by atoms with Crippen molar-refractivity contribution in [1.29, 1.82) is 0 Å². The third kappa shape index (κ3) is 4.05. The van der Waals surface area contributed by atoms with Crippen LogP contribution < -0.4 is 5.32 Å². The molecule has 0 saturated heterocycles. The SMILES string of the molecule is C[C@@H]1C2=C(C=NC1c1ccc(F)cc1)CC1(C)C(=C2)CCC1(O)CCc1cccc(F)c1NC(=O)O. The Morgan fingerprint density at radius 2 is 1.94 bits per heavy atom. The molecule has 3 aliphatic rings. The van der Waals surface area contributed by atoms with E-state index >= 15 is 0 Å². The molecule has 2 aromatic carbocycles. The van der Waals surface area contributed by atoms with Crippen LogP contribution in [0.2, 0.25) is 0 Å². The topological polar surface area (TPSA) is 81.9 Å². The van der Waals surface area contributed by atoms with E-state index in [9.17, 15) is 18.7 Å². The van der Waals surface area contributed by atoms with Crippen LogP contribution in [-0.4, -0.2) is 28.1 Å². The van der Waals surface area contributed by atoms with E-state index in [0.717, 1.165) is 17.6 Å². The van der Waals surface area contributed by atoms with Crippen LogP contribution in [0.3, 0.4) is 0 Å². The van der Waals surface area contributed by atoms with Gasteiger partial charge in [-0.2, -0.15) is 0 Å². The van der Waals surface area contributed by atoms with Gasteiger partial charge < -0.3 is 10.2 Å². The highest BCUT2D eigenvalue weighted by Gasteiger charge is 2.55. The molecule has 1 amide bonds. The van der Waals surface area contributed by atoms with Crippen molar-refractivity contribution in [2.75, 3.05) is 5.32 Å². The Hall–Kier alpha value is -3.32. The molecular formula is C29H30F2N2O3. The molecule has 0 bridgehead atoms. The second-order valence-electron chi connectivity index (χ2n) is 10.5. The molecule has 0 radical (unpaired) electrons. The van der Waals surface area contributed by atoms with Crippen LogP contribution in [-0.2, 0) is 6.42 Å². The van der Waals surface area contributed by atoms with Crippen LogP contribution in [0, 0.1) is 23.0 Å². The Bertz CT molecular complexity index is 1300. The molecule has 1 saturated carbocycles. The average Bonchev–Trinajstić information content (AvgIpc) is 3.09. The average molecular weight is 493 g/mol. The van der Waals surface area contributed by atoms with E-state index in [1.54, 1.807) is 24.3 Å². The number of nitrogens with zero attached hydrogens (tertiary/aromatic N) is 1. The number of aliphatic hydroxyl groups is 1. The van der Waals surface area contributed by atoms with Gasteiger partial charge in [-0.05, 0) is 72.6 Å². The molecule has 0 spiro atoms. The Kier molecular flexibility index (Phi) is 6.07. The predicted octanol–water partition coefficient (Wildman–Crippen LogP) is 6.61. The number of rotatable bonds is 5. The Labute approximate surface area is 209 Å². The quantitative estimate of drug-likeness (QED) is 0.439. The summed E-state index contributed by atoms with van der Waals surface area (Å²) in [7, 11) is 0. The molecule has 4 atom stereocenters. The number of dihydropyridines is 1. The Morgan fingerprint density at radius 1 is 1.19 bits per heavy atom. The van der Waals surface area contributed by atoms with Crippen molar-refractivity contribution < 1.29 is 23.8 Å². The first kappa shape index (κ1) is 24.4. The summed E-state index contributed by atoms with van der Waals surface area (Å²) in [5, 5.41) is 23.2. The molecule has 1 fully saturated rings. The summed E-state index contributed by atoms with van der Waals surface area (Å²) in [6.45, 7) is 4.23. The third-order valence-electron chi connectivity index (χ3n) is 8.49. The molecule has 1 aliphatic heterocycles. The van der Waals surface area contributed by atoms with Gasteiger partial charge in [-0.25, -0.2) is 13.6 Å². The van der Waals surface area contributed by atoms with Crippen LogP contribution in [0.5, 0.6) is 0 Å². The molecule has 2 aromatic rings. The fourth-order valence-electron chi connectivity index (χ4n) is 6.28. The van der Waals surface area contributed by atoms with Crippen LogP contribution in [0.1, 0.15) is 56.7 Å². The van der Waals surface area contributed by atoms with Crippen molar-refractivity contribution in [3.05, 3.63) is 88.0 Å². The number of aliphatic imine (C=N–C) groups is 1. The second-order valence-corrected chi connectivity index (χ2v) is 10.5. The molecule has 2 aliphatic carbocycles. The van der Waals surface area contributed by atoms with Crippen molar-refractivity contribution >= 4 is 18.0 Å². The number of allylic oxidation sites excluding steroid dienone is 2. The van der Waals surface area contributed by atoms with Crippen LogP contribution in [0.25, 0.3) is 0 Å². The summed E-state index contributed by atoms with van der Waals surface area (Å²) in [6.07, 6.45) is 5.53. The van der Waals surface area contributed by atoms with Crippen molar-refractivity contribution in [2.45, 2.75) is 57.6 Å². The van der Waals surface area contributed by atoms with Gasteiger partial charge in [0.05, 0.1) is 17.3 Å². The standard InChI is InChI=1S/C29H30F2N2O3/c1-17-23-14-21-11-13-29(36,12-10-18-4-3-5-24(31)26(18)33-27(34)35)28(21,2)15-20(23)16-32-25(17)19-6-8-22(30)9-7-19/h3-9,14,16-17,25,33,36H,10-13,15H2,1-2H3,(H,34,35)/t17-,25?,28?,29?/m1/s1. The van der Waals surface area contributed by atoms with Crippen LogP contribution >= 0.6 is 0 Å². The Morgan fingerprint density at radius 3 is 2.67 bits per heavy atom. The monoisotopic (exact) mass is 492 g/mol. The number of amides is 1. The van der Waals surface area contributed by atoms with Crippen molar-refractivity contribution in [3.8, 4) is 0 Å². The molecular weight excluding hydrogens is 462 g/mol. The molecule has 36 heavy (non-hydrogen) atoms.